The summed E-state index contributed by atoms with van der Waals surface area (Å²) in [5, 5.41) is 10.6. The molecule has 1 aromatic rings. The molecule has 1 heterocycles. The van der Waals surface area contributed by atoms with Crippen molar-refractivity contribution in [2.75, 3.05) is 26.3 Å². The van der Waals surface area contributed by atoms with Crippen molar-refractivity contribution in [2.45, 2.75) is 19.3 Å². The standard InChI is InChI=1S/C14H19FN2O2/c1-2-7-16-9-12(8-15)14(10-16)11-3-5-13(6-4-11)17(18)19/h3-6,12,14H,2,7-10H2,1H3/t12-,14+/m0/s1. The van der Waals surface area contributed by atoms with Gasteiger partial charge >= 0.3 is 0 Å². The highest BCUT2D eigenvalue weighted by atomic mass is 19.1. The van der Waals surface area contributed by atoms with Crippen molar-refractivity contribution >= 4 is 5.69 Å². The van der Waals surface area contributed by atoms with Gasteiger partial charge < -0.3 is 4.90 Å². The second-order valence-electron chi connectivity index (χ2n) is 5.13. The van der Waals surface area contributed by atoms with Crippen LogP contribution in [0.3, 0.4) is 0 Å². The lowest BCUT2D eigenvalue weighted by Crippen LogP contribution is -2.21. The smallest absolute Gasteiger partial charge is 0.269 e. The second-order valence-corrected chi connectivity index (χ2v) is 5.13. The van der Waals surface area contributed by atoms with Crippen molar-refractivity contribution < 1.29 is 9.31 Å². The van der Waals surface area contributed by atoms with Gasteiger partial charge in [0, 0.05) is 37.1 Å². The van der Waals surface area contributed by atoms with Crippen LogP contribution >= 0.6 is 0 Å². The van der Waals surface area contributed by atoms with Crippen molar-refractivity contribution in [3.05, 3.63) is 39.9 Å². The third-order valence-electron chi connectivity index (χ3n) is 3.79. The number of benzene rings is 1. The van der Waals surface area contributed by atoms with Gasteiger partial charge in [-0.1, -0.05) is 19.1 Å². The first-order valence-electron chi connectivity index (χ1n) is 6.68. The minimum absolute atomic E-state index is 0.00741. The number of halogens is 1. The molecule has 104 valence electrons. The molecule has 2 atom stereocenters. The lowest BCUT2D eigenvalue weighted by atomic mass is 9.90. The van der Waals surface area contributed by atoms with Crippen LogP contribution in [0.15, 0.2) is 24.3 Å². The zero-order valence-electron chi connectivity index (χ0n) is 11.1. The molecular formula is C14H19FN2O2. The van der Waals surface area contributed by atoms with Crippen LogP contribution < -0.4 is 0 Å². The minimum Gasteiger partial charge on any atom is -0.302 e. The summed E-state index contributed by atoms with van der Waals surface area (Å²) in [5.41, 5.74) is 1.09. The Hall–Kier alpha value is -1.49. The maximum Gasteiger partial charge on any atom is 0.269 e. The Balaban J connectivity index is 2.13. The van der Waals surface area contributed by atoms with Crippen molar-refractivity contribution in [2.24, 2.45) is 5.92 Å². The molecule has 0 spiro atoms. The number of hydrogen-bond donors (Lipinski definition) is 0. The average molecular weight is 266 g/mol. The molecule has 0 N–H and O–H groups in total. The van der Waals surface area contributed by atoms with Gasteiger partial charge in [-0.15, -0.1) is 0 Å². The van der Waals surface area contributed by atoms with E-state index in [0.29, 0.717) is 0 Å². The maximum absolute atomic E-state index is 13.1. The molecule has 4 nitrogen and oxygen atoms in total. The van der Waals surface area contributed by atoms with E-state index in [4.69, 9.17) is 0 Å². The molecule has 0 radical (unpaired) electrons. The molecule has 5 heteroatoms. The Morgan fingerprint density at radius 2 is 2.05 bits per heavy atom. The lowest BCUT2D eigenvalue weighted by Gasteiger charge is -2.15. The molecule has 1 aromatic carbocycles. The summed E-state index contributed by atoms with van der Waals surface area (Å²) in [7, 11) is 0. The van der Waals surface area contributed by atoms with Crippen LogP contribution in [0.1, 0.15) is 24.8 Å². The first-order valence-corrected chi connectivity index (χ1v) is 6.68. The zero-order chi connectivity index (χ0) is 13.8. The van der Waals surface area contributed by atoms with E-state index in [1.54, 1.807) is 12.1 Å². The largest absolute Gasteiger partial charge is 0.302 e. The number of non-ortho nitro benzene ring substituents is 1. The molecule has 1 saturated heterocycles. The van der Waals surface area contributed by atoms with Crippen molar-refractivity contribution in [1.29, 1.82) is 0 Å². The van der Waals surface area contributed by atoms with E-state index in [2.05, 4.69) is 11.8 Å². The molecule has 0 aromatic heterocycles. The van der Waals surface area contributed by atoms with Gasteiger partial charge in [0.1, 0.15) is 0 Å². The van der Waals surface area contributed by atoms with Gasteiger partial charge in [-0.25, -0.2) is 0 Å². The Kier molecular flexibility index (Phi) is 4.47. The van der Waals surface area contributed by atoms with Gasteiger partial charge in [-0.3, -0.25) is 14.5 Å². The molecule has 2 rings (SSSR count). The average Bonchev–Trinajstić information content (AvgIpc) is 2.82. The van der Waals surface area contributed by atoms with Crippen molar-refractivity contribution in [3.63, 3.8) is 0 Å². The number of hydrogen-bond acceptors (Lipinski definition) is 3. The summed E-state index contributed by atoms with van der Waals surface area (Å²) in [5.74, 6) is 0.158. The van der Waals surface area contributed by atoms with E-state index in [1.165, 1.54) is 12.1 Å². The molecule has 1 aliphatic rings. The van der Waals surface area contributed by atoms with Crippen LogP contribution in [0.5, 0.6) is 0 Å². The van der Waals surface area contributed by atoms with Gasteiger partial charge in [0.15, 0.2) is 0 Å². The molecule has 0 saturated carbocycles. The highest BCUT2D eigenvalue weighted by Gasteiger charge is 2.33. The monoisotopic (exact) mass is 266 g/mol. The van der Waals surface area contributed by atoms with E-state index in [1.807, 2.05) is 0 Å². The topological polar surface area (TPSA) is 46.4 Å². The van der Waals surface area contributed by atoms with Crippen LogP contribution in [-0.2, 0) is 0 Å². The van der Waals surface area contributed by atoms with Gasteiger partial charge in [0.05, 0.1) is 11.6 Å². The van der Waals surface area contributed by atoms with E-state index in [0.717, 1.165) is 31.6 Å². The predicted molar refractivity (Wildman–Crippen MR) is 72.0 cm³/mol. The van der Waals surface area contributed by atoms with Gasteiger partial charge in [-0.05, 0) is 18.5 Å². The summed E-state index contributed by atoms with van der Waals surface area (Å²) in [6.07, 6.45) is 1.06. The van der Waals surface area contributed by atoms with E-state index < -0.39 is 4.92 Å². The number of rotatable bonds is 5. The molecular weight excluding hydrogens is 247 g/mol. The summed E-state index contributed by atoms with van der Waals surface area (Å²) in [6, 6.07) is 6.54. The van der Waals surface area contributed by atoms with E-state index >= 15 is 0 Å². The number of likely N-dealkylation sites (tertiary alicyclic amines) is 1. The predicted octanol–water partition coefficient (Wildman–Crippen LogP) is 2.99. The fourth-order valence-electron chi connectivity index (χ4n) is 2.84. The number of nitro groups is 1. The fraction of sp³-hybridized carbons (Fsp3) is 0.571. The lowest BCUT2D eigenvalue weighted by molar-refractivity contribution is -0.384. The third-order valence-corrected chi connectivity index (χ3v) is 3.79. The first kappa shape index (κ1) is 13.9. The SMILES string of the molecule is CCCN1C[C@H](CF)[C@@H](c2ccc([N+](=O)[O-])cc2)C1. The van der Waals surface area contributed by atoms with E-state index in [9.17, 15) is 14.5 Å². The normalized spacial score (nSPS) is 23.7. The fourth-order valence-corrected chi connectivity index (χ4v) is 2.84. The zero-order valence-corrected chi connectivity index (χ0v) is 11.1. The van der Waals surface area contributed by atoms with Crippen molar-refractivity contribution in [3.8, 4) is 0 Å². The van der Waals surface area contributed by atoms with Crippen LogP contribution in [0.25, 0.3) is 0 Å². The molecule has 0 unspecified atom stereocenters. The number of nitro benzene ring substituents is 1. The summed E-state index contributed by atoms with van der Waals surface area (Å²) < 4.78 is 13.1. The molecule has 0 bridgehead atoms. The first-order chi connectivity index (χ1) is 9.15. The summed E-state index contributed by atoms with van der Waals surface area (Å²) in [6.45, 7) is 4.40. The van der Waals surface area contributed by atoms with Gasteiger partial charge in [-0.2, -0.15) is 0 Å². The molecule has 1 aliphatic heterocycles. The maximum atomic E-state index is 13.1. The summed E-state index contributed by atoms with van der Waals surface area (Å²) in [4.78, 5) is 12.5. The highest BCUT2D eigenvalue weighted by molar-refractivity contribution is 5.35. The number of alkyl halides is 1. The molecule has 0 aliphatic carbocycles. The Morgan fingerprint density at radius 3 is 2.58 bits per heavy atom. The molecule has 19 heavy (non-hydrogen) atoms. The molecule has 1 fully saturated rings. The minimum atomic E-state index is -0.408. The quantitative estimate of drug-likeness (QED) is 0.608. The van der Waals surface area contributed by atoms with Crippen LogP contribution in [-0.4, -0.2) is 36.1 Å². The molecule has 0 amide bonds. The van der Waals surface area contributed by atoms with Crippen LogP contribution in [0.4, 0.5) is 10.1 Å². The van der Waals surface area contributed by atoms with Gasteiger partial charge in [0.2, 0.25) is 0 Å². The third kappa shape index (κ3) is 3.10. The van der Waals surface area contributed by atoms with Gasteiger partial charge in [0.25, 0.3) is 5.69 Å². The highest BCUT2D eigenvalue weighted by Crippen LogP contribution is 2.33. The second kappa shape index (κ2) is 6.10. The van der Waals surface area contributed by atoms with Crippen molar-refractivity contribution in [1.82, 2.24) is 4.90 Å². The van der Waals surface area contributed by atoms with Crippen LogP contribution in [0, 0.1) is 16.0 Å². The Morgan fingerprint density at radius 1 is 1.37 bits per heavy atom. The van der Waals surface area contributed by atoms with Crippen LogP contribution in [0.2, 0.25) is 0 Å². The number of nitrogens with zero attached hydrogens (tertiary/aromatic N) is 2. The Bertz CT molecular complexity index is 436. The summed E-state index contributed by atoms with van der Waals surface area (Å²) >= 11 is 0. The van der Waals surface area contributed by atoms with E-state index in [-0.39, 0.29) is 24.2 Å². The Labute approximate surface area is 112 Å².